The lowest BCUT2D eigenvalue weighted by molar-refractivity contribution is -0.672. The van der Waals surface area contributed by atoms with E-state index in [1.807, 2.05) is 0 Å². The summed E-state index contributed by atoms with van der Waals surface area (Å²) in [5.74, 6) is 0. The molecule has 0 radical (unpaired) electrons. The standard InChI is InChI=1S/C34H46N2/c1(3-5-7-9-11-17-27-35-29-19-23-31-21-13-15-25-33(31)35)2-4-6-8-10-12-18-28-36-30-20-24-32-22-14-16-26-34(32)36/h13-16,19-26,29-30H,1-12,17-18,27-28H2/q+2. The molecular weight excluding hydrogens is 436 g/mol. The minimum atomic E-state index is 1.14. The molecule has 0 spiro atoms. The van der Waals surface area contributed by atoms with Gasteiger partial charge in [-0.3, -0.25) is 0 Å². The molecule has 0 saturated carbocycles. The van der Waals surface area contributed by atoms with Gasteiger partial charge in [0.05, 0.1) is 0 Å². The van der Waals surface area contributed by atoms with Gasteiger partial charge < -0.3 is 0 Å². The van der Waals surface area contributed by atoms with Crippen LogP contribution < -0.4 is 9.13 Å². The van der Waals surface area contributed by atoms with Gasteiger partial charge in [0.2, 0.25) is 11.0 Å². The van der Waals surface area contributed by atoms with Crippen molar-refractivity contribution in [1.29, 1.82) is 0 Å². The van der Waals surface area contributed by atoms with Crippen molar-refractivity contribution < 1.29 is 9.13 Å². The summed E-state index contributed by atoms with van der Waals surface area (Å²) in [5, 5.41) is 2.69. The molecule has 0 N–H and O–H groups in total. The summed E-state index contributed by atoms with van der Waals surface area (Å²) in [6.45, 7) is 2.28. The number of fused-ring (bicyclic) bond motifs is 2. The molecule has 36 heavy (non-hydrogen) atoms. The minimum absolute atomic E-state index is 1.14. The Balaban J connectivity index is 0.932. The van der Waals surface area contributed by atoms with Crippen LogP contribution in [0.2, 0.25) is 0 Å². The lowest BCUT2D eigenvalue weighted by atomic mass is 10.0. The molecule has 0 aliphatic heterocycles. The summed E-state index contributed by atoms with van der Waals surface area (Å²) in [7, 11) is 0. The molecular formula is C34H46N2+2. The van der Waals surface area contributed by atoms with Gasteiger partial charge in [-0.2, -0.15) is 9.13 Å². The van der Waals surface area contributed by atoms with E-state index < -0.39 is 0 Å². The first-order chi connectivity index (χ1) is 17.9. The second-order valence-electron chi connectivity index (χ2n) is 10.5. The van der Waals surface area contributed by atoms with Crippen LogP contribution in [0, 0.1) is 0 Å². The van der Waals surface area contributed by atoms with Crippen molar-refractivity contribution >= 4 is 21.8 Å². The minimum Gasteiger partial charge on any atom is -0.198 e. The second-order valence-corrected chi connectivity index (χ2v) is 10.5. The molecule has 0 amide bonds. The van der Waals surface area contributed by atoms with Crippen LogP contribution in [0.1, 0.15) is 89.9 Å². The maximum Gasteiger partial charge on any atom is 0.212 e. The van der Waals surface area contributed by atoms with Crippen molar-refractivity contribution in [3.8, 4) is 0 Å². The van der Waals surface area contributed by atoms with E-state index in [9.17, 15) is 0 Å². The highest BCUT2D eigenvalue weighted by Crippen LogP contribution is 2.14. The van der Waals surface area contributed by atoms with Crippen LogP contribution in [0.15, 0.2) is 85.2 Å². The molecule has 0 unspecified atom stereocenters. The van der Waals surface area contributed by atoms with Crippen LogP contribution in [0.3, 0.4) is 0 Å². The molecule has 0 aliphatic carbocycles. The van der Waals surface area contributed by atoms with E-state index >= 15 is 0 Å². The molecule has 0 fully saturated rings. The maximum atomic E-state index is 2.42. The fourth-order valence-corrected chi connectivity index (χ4v) is 5.52. The smallest absolute Gasteiger partial charge is 0.198 e. The Morgan fingerprint density at radius 3 is 1.03 bits per heavy atom. The summed E-state index contributed by atoms with van der Waals surface area (Å²) in [4.78, 5) is 0. The van der Waals surface area contributed by atoms with Crippen LogP contribution in [0.5, 0.6) is 0 Å². The third-order valence-electron chi connectivity index (χ3n) is 7.62. The molecule has 2 aromatic carbocycles. The van der Waals surface area contributed by atoms with Gasteiger partial charge in [0.25, 0.3) is 0 Å². The summed E-state index contributed by atoms with van der Waals surface area (Å²) < 4.78 is 4.83. The van der Waals surface area contributed by atoms with E-state index in [1.54, 1.807) is 0 Å². The zero-order chi connectivity index (χ0) is 24.7. The van der Waals surface area contributed by atoms with Gasteiger partial charge >= 0.3 is 0 Å². The number of aryl methyl sites for hydroxylation is 2. The van der Waals surface area contributed by atoms with Gasteiger partial charge in [0, 0.05) is 47.9 Å². The Morgan fingerprint density at radius 1 is 0.333 bits per heavy atom. The van der Waals surface area contributed by atoms with Gasteiger partial charge in [0.15, 0.2) is 12.4 Å². The third kappa shape index (κ3) is 8.43. The number of pyridine rings is 2. The van der Waals surface area contributed by atoms with Gasteiger partial charge in [-0.15, -0.1) is 0 Å². The fourth-order valence-electron chi connectivity index (χ4n) is 5.52. The predicted octanol–water partition coefficient (Wildman–Crippen LogP) is 8.73. The number of hydrogen-bond donors (Lipinski definition) is 0. The molecule has 0 bridgehead atoms. The first-order valence-electron chi connectivity index (χ1n) is 14.7. The van der Waals surface area contributed by atoms with Crippen LogP contribution >= 0.6 is 0 Å². The number of rotatable bonds is 17. The SMILES string of the molecule is c1ccc2c(c1)ccc[n+]2CCCCCCCCCCCCCCCC[n+]1cccc2ccccc21. The van der Waals surface area contributed by atoms with Crippen molar-refractivity contribution in [2.24, 2.45) is 0 Å². The van der Waals surface area contributed by atoms with Gasteiger partial charge in [-0.05, 0) is 37.1 Å². The Morgan fingerprint density at radius 2 is 0.639 bits per heavy atom. The number of nitrogens with zero attached hydrogens (tertiary/aromatic N) is 2. The van der Waals surface area contributed by atoms with Crippen molar-refractivity contribution in [3.05, 3.63) is 85.2 Å². The third-order valence-corrected chi connectivity index (χ3v) is 7.62. The Hall–Kier alpha value is -2.74. The molecule has 2 aromatic heterocycles. The average molecular weight is 483 g/mol. The van der Waals surface area contributed by atoms with Crippen LogP contribution in [-0.2, 0) is 13.1 Å². The molecule has 2 heteroatoms. The van der Waals surface area contributed by atoms with E-state index in [4.69, 9.17) is 0 Å². The molecule has 2 heterocycles. The van der Waals surface area contributed by atoms with Crippen LogP contribution in [0.25, 0.3) is 21.8 Å². The first-order valence-corrected chi connectivity index (χ1v) is 14.7. The second kappa shape index (κ2) is 15.4. The van der Waals surface area contributed by atoms with E-state index in [1.165, 1.54) is 112 Å². The Kier molecular flexibility index (Phi) is 11.3. The van der Waals surface area contributed by atoms with E-state index in [0.717, 1.165) is 13.1 Å². The highest BCUT2D eigenvalue weighted by atomic mass is 14.9. The van der Waals surface area contributed by atoms with Crippen molar-refractivity contribution in [1.82, 2.24) is 0 Å². The number of benzene rings is 2. The molecule has 0 saturated heterocycles. The van der Waals surface area contributed by atoms with E-state index in [-0.39, 0.29) is 0 Å². The highest BCUT2D eigenvalue weighted by molar-refractivity contribution is 5.75. The number of hydrogen-bond acceptors (Lipinski definition) is 0. The van der Waals surface area contributed by atoms with Crippen LogP contribution in [-0.4, -0.2) is 0 Å². The monoisotopic (exact) mass is 482 g/mol. The lowest BCUT2D eigenvalue weighted by Gasteiger charge is -2.04. The Labute approximate surface area is 219 Å². The predicted molar refractivity (Wildman–Crippen MR) is 153 cm³/mol. The highest BCUT2D eigenvalue weighted by Gasteiger charge is 2.07. The maximum absolute atomic E-state index is 2.42. The largest absolute Gasteiger partial charge is 0.212 e. The number of aromatic nitrogens is 2. The van der Waals surface area contributed by atoms with Crippen molar-refractivity contribution in [2.75, 3.05) is 0 Å². The number of unbranched alkanes of at least 4 members (excludes halogenated alkanes) is 13. The van der Waals surface area contributed by atoms with Gasteiger partial charge in [0.1, 0.15) is 13.1 Å². The molecule has 0 aliphatic rings. The summed E-state index contributed by atoms with van der Waals surface area (Å²) >= 11 is 0. The topological polar surface area (TPSA) is 7.76 Å². The fraction of sp³-hybridized carbons (Fsp3) is 0.471. The quantitative estimate of drug-likeness (QED) is 0.105. The summed E-state index contributed by atoms with van der Waals surface area (Å²) in [5.41, 5.74) is 2.72. The van der Waals surface area contributed by atoms with Gasteiger partial charge in [-0.25, -0.2) is 0 Å². The lowest BCUT2D eigenvalue weighted by Crippen LogP contribution is -2.33. The first kappa shape index (κ1) is 26.3. The van der Waals surface area contributed by atoms with Crippen molar-refractivity contribution in [3.63, 3.8) is 0 Å². The zero-order valence-electron chi connectivity index (χ0n) is 22.3. The molecule has 2 nitrogen and oxygen atoms in total. The molecule has 4 rings (SSSR count). The van der Waals surface area contributed by atoms with E-state index in [0.29, 0.717) is 0 Å². The molecule has 190 valence electrons. The van der Waals surface area contributed by atoms with Gasteiger partial charge in [-0.1, -0.05) is 88.5 Å². The zero-order valence-corrected chi connectivity index (χ0v) is 22.3. The molecule has 4 aromatic rings. The molecule has 0 atom stereocenters. The van der Waals surface area contributed by atoms with Crippen LogP contribution in [0.4, 0.5) is 0 Å². The normalized spacial score (nSPS) is 11.4. The summed E-state index contributed by atoms with van der Waals surface area (Å²) in [6.07, 6.45) is 23.9. The average Bonchev–Trinajstić information content (AvgIpc) is 2.93. The number of para-hydroxylation sites is 2. The van der Waals surface area contributed by atoms with Crippen molar-refractivity contribution in [2.45, 2.75) is 103 Å². The summed E-state index contributed by atoms with van der Waals surface area (Å²) in [6, 6.07) is 26.2. The Bertz CT molecular complexity index is 1060. The van der Waals surface area contributed by atoms with E-state index in [2.05, 4.69) is 94.3 Å².